The van der Waals surface area contributed by atoms with Gasteiger partial charge in [0.2, 0.25) is 0 Å². The number of thiophene rings is 1. The van der Waals surface area contributed by atoms with E-state index in [4.69, 9.17) is 21.9 Å². The van der Waals surface area contributed by atoms with E-state index in [1.165, 1.54) is 18.4 Å². The molecule has 2 N–H and O–H groups in total. The molecule has 9 heteroatoms. The number of amidine groups is 1. The lowest BCUT2D eigenvalue weighted by atomic mass is 10.1. The summed E-state index contributed by atoms with van der Waals surface area (Å²) < 4.78 is 10.2. The lowest BCUT2D eigenvalue weighted by Gasteiger charge is -2.13. The number of methoxy groups -OCH3 is 1. The fourth-order valence-electron chi connectivity index (χ4n) is 2.70. The number of hydrogen-bond acceptors (Lipinski definition) is 8. The summed E-state index contributed by atoms with van der Waals surface area (Å²) in [5.41, 5.74) is 8.47. The minimum absolute atomic E-state index is 0.336. The van der Waals surface area contributed by atoms with Crippen LogP contribution >= 0.6 is 22.9 Å². The Bertz CT molecular complexity index is 997. The molecular formula is C20H21ClN4O3S. The molecule has 1 aromatic carbocycles. The van der Waals surface area contributed by atoms with Gasteiger partial charge in [-0.2, -0.15) is 0 Å². The topological polar surface area (TPSA) is 94.0 Å². The second-order valence-corrected chi connectivity index (χ2v) is 7.90. The van der Waals surface area contributed by atoms with E-state index in [1.807, 2.05) is 18.2 Å². The minimum atomic E-state index is -0.336. The first-order valence-corrected chi connectivity index (χ1v) is 10.1. The quantitative estimate of drug-likeness (QED) is 0.632. The number of hydrogen-bond donors (Lipinski definition) is 1. The lowest BCUT2D eigenvalue weighted by molar-refractivity contribution is 0.0606. The van der Waals surface area contributed by atoms with Gasteiger partial charge in [0.1, 0.15) is 16.4 Å². The molecule has 1 aliphatic rings. The zero-order valence-corrected chi connectivity index (χ0v) is 17.7. The molecule has 0 saturated carbocycles. The van der Waals surface area contributed by atoms with Crippen LogP contribution in [-0.4, -0.2) is 49.1 Å². The van der Waals surface area contributed by atoms with Gasteiger partial charge in [-0.3, -0.25) is 4.99 Å². The third-order valence-corrected chi connectivity index (χ3v) is 5.43. The van der Waals surface area contributed by atoms with Crippen LogP contribution in [0, 0.1) is 0 Å². The zero-order chi connectivity index (χ0) is 20.8. The Labute approximate surface area is 177 Å². The second-order valence-electron chi connectivity index (χ2n) is 6.18. The van der Waals surface area contributed by atoms with Crippen LogP contribution < -0.4 is 5.73 Å². The maximum atomic E-state index is 10.8. The molecule has 0 aliphatic carbocycles. The molecule has 0 radical (unpaired) electrons. The van der Waals surface area contributed by atoms with Crippen molar-refractivity contribution in [1.29, 1.82) is 0 Å². The van der Waals surface area contributed by atoms with Crippen LogP contribution in [0.5, 0.6) is 0 Å². The molecular weight excluding hydrogens is 412 g/mol. The summed E-state index contributed by atoms with van der Waals surface area (Å²) in [5.74, 6) is 1.41. The predicted molar refractivity (Wildman–Crippen MR) is 115 cm³/mol. The van der Waals surface area contributed by atoms with Gasteiger partial charge in [0, 0.05) is 30.8 Å². The third kappa shape index (κ3) is 5.23. The van der Waals surface area contributed by atoms with Crippen molar-refractivity contribution < 1.29 is 14.1 Å². The first kappa shape index (κ1) is 21.0. The van der Waals surface area contributed by atoms with Crippen molar-refractivity contribution in [2.45, 2.75) is 6.54 Å². The number of likely N-dealkylation sites (N-methyl/N-ethyl adjacent to an activating group) is 1. The number of ether oxygens (including phenoxy) is 1. The van der Waals surface area contributed by atoms with Gasteiger partial charge >= 0.3 is 5.97 Å². The molecule has 0 spiro atoms. The average molecular weight is 433 g/mol. The summed E-state index contributed by atoms with van der Waals surface area (Å²) in [6, 6.07) is 13.4. The van der Waals surface area contributed by atoms with E-state index in [9.17, 15) is 4.79 Å². The molecule has 2 aromatic heterocycles. The van der Waals surface area contributed by atoms with Crippen molar-refractivity contribution in [1.82, 2.24) is 10.1 Å². The molecule has 7 nitrogen and oxygen atoms in total. The number of carbonyl (C=O) groups is 1. The van der Waals surface area contributed by atoms with E-state index >= 15 is 0 Å². The predicted octanol–water partition coefficient (Wildman–Crippen LogP) is 3.68. The van der Waals surface area contributed by atoms with Crippen molar-refractivity contribution in [3.63, 3.8) is 0 Å². The number of aromatic nitrogens is 1. The van der Waals surface area contributed by atoms with Crippen LogP contribution in [-0.2, 0) is 11.3 Å². The highest BCUT2D eigenvalue weighted by Gasteiger charge is 2.14. The largest absolute Gasteiger partial charge is 0.465 e. The van der Waals surface area contributed by atoms with Gasteiger partial charge in [-0.05, 0) is 12.1 Å². The van der Waals surface area contributed by atoms with Gasteiger partial charge in [-0.1, -0.05) is 41.0 Å². The SMILES string of the molecule is CN1CCN=C1c1ccc(-c2cc(CN)on2)cc1.COC(=O)c1ccc(Cl)s1. The van der Waals surface area contributed by atoms with Crippen LogP contribution in [0.25, 0.3) is 11.3 Å². The van der Waals surface area contributed by atoms with Crippen LogP contribution in [0.3, 0.4) is 0 Å². The van der Waals surface area contributed by atoms with E-state index in [2.05, 4.69) is 39.0 Å². The number of nitrogens with zero attached hydrogens (tertiary/aromatic N) is 3. The van der Waals surface area contributed by atoms with Gasteiger partial charge < -0.3 is 19.9 Å². The molecule has 0 bridgehead atoms. The Kier molecular flexibility index (Phi) is 7.03. The van der Waals surface area contributed by atoms with E-state index < -0.39 is 0 Å². The molecule has 0 saturated heterocycles. The molecule has 0 atom stereocenters. The highest BCUT2D eigenvalue weighted by atomic mass is 35.5. The second kappa shape index (κ2) is 9.69. The summed E-state index contributed by atoms with van der Waals surface area (Å²) in [6.45, 7) is 2.23. The summed E-state index contributed by atoms with van der Waals surface area (Å²) >= 11 is 6.78. The zero-order valence-electron chi connectivity index (χ0n) is 16.1. The number of esters is 1. The van der Waals surface area contributed by atoms with Crippen LogP contribution in [0.2, 0.25) is 4.34 Å². The number of aliphatic imine (C=N–C) groups is 1. The maximum absolute atomic E-state index is 10.8. The molecule has 29 heavy (non-hydrogen) atoms. The normalized spacial score (nSPS) is 13.0. The monoisotopic (exact) mass is 432 g/mol. The molecule has 3 aromatic rings. The first-order valence-electron chi connectivity index (χ1n) is 8.87. The summed E-state index contributed by atoms with van der Waals surface area (Å²) in [7, 11) is 3.40. The molecule has 1 aliphatic heterocycles. The van der Waals surface area contributed by atoms with E-state index in [-0.39, 0.29) is 5.97 Å². The third-order valence-electron chi connectivity index (χ3n) is 4.22. The van der Waals surface area contributed by atoms with Crippen LogP contribution in [0.15, 0.2) is 52.0 Å². The number of benzene rings is 1. The molecule has 0 fully saturated rings. The van der Waals surface area contributed by atoms with E-state index in [0.29, 0.717) is 21.5 Å². The van der Waals surface area contributed by atoms with E-state index in [1.54, 1.807) is 12.1 Å². The number of rotatable bonds is 4. The van der Waals surface area contributed by atoms with Crippen LogP contribution in [0.1, 0.15) is 21.0 Å². The first-order chi connectivity index (χ1) is 14.0. The molecule has 0 amide bonds. The average Bonchev–Trinajstić information content (AvgIpc) is 3.49. The highest BCUT2D eigenvalue weighted by Crippen LogP contribution is 2.22. The minimum Gasteiger partial charge on any atom is -0.465 e. The fourth-order valence-corrected chi connectivity index (χ4v) is 3.67. The van der Waals surface area contributed by atoms with E-state index in [0.717, 1.165) is 35.7 Å². The smallest absolute Gasteiger partial charge is 0.348 e. The Morgan fingerprint density at radius 2 is 2.00 bits per heavy atom. The lowest BCUT2D eigenvalue weighted by Crippen LogP contribution is -2.23. The fraction of sp³-hybridized carbons (Fsp3) is 0.250. The Morgan fingerprint density at radius 1 is 1.28 bits per heavy atom. The van der Waals surface area contributed by atoms with Crippen molar-refractivity contribution in [2.24, 2.45) is 10.7 Å². The Hall–Kier alpha value is -2.68. The van der Waals surface area contributed by atoms with Crippen LogP contribution in [0.4, 0.5) is 0 Å². The van der Waals surface area contributed by atoms with Crippen molar-refractivity contribution in [2.75, 3.05) is 27.2 Å². The Morgan fingerprint density at radius 3 is 2.52 bits per heavy atom. The standard InChI is InChI=1S/C14H16N4O.C6H5ClO2S/c1-18-7-6-16-14(18)11-4-2-10(3-5-11)13-8-12(9-15)19-17-13;1-9-6(8)4-2-3-5(7)10-4/h2-5,8H,6-7,9,15H2,1H3;2-3H,1H3. The molecule has 152 valence electrons. The summed E-state index contributed by atoms with van der Waals surface area (Å²) in [4.78, 5) is 18.0. The molecule has 4 rings (SSSR count). The molecule has 3 heterocycles. The number of nitrogens with two attached hydrogens (primary N) is 1. The summed E-state index contributed by atoms with van der Waals surface area (Å²) in [6.07, 6.45) is 0. The summed E-state index contributed by atoms with van der Waals surface area (Å²) in [5, 5.41) is 4.00. The Balaban J connectivity index is 0.000000204. The van der Waals surface area contributed by atoms with Crippen molar-refractivity contribution in [3.8, 4) is 11.3 Å². The number of halogens is 1. The van der Waals surface area contributed by atoms with Crippen molar-refractivity contribution >= 4 is 34.7 Å². The van der Waals surface area contributed by atoms with Crippen molar-refractivity contribution in [3.05, 3.63) is 63.0 Å². The maximum Gasteiger partial charge on any atom is 0.348 e. The molecule has 0 unspecified atom stereocenters. The number of carbonyl (C=O) groups excluding carboxylic acids is 1. The van der Waals surface area contributed by atoms with Gasteiger partial charge in [0.05, 0.1) is 24.5 Å². The van der Waals surface area contributed by atoms with Gasteiger partial charge in [-0.15, -0.1) is 11.3 Å². The van der Waals surface area contributed by atoms with Gasteiger partial charge in [-0.25, -0.2) is 4.79 Å². The highest BCUT2D eigenvalue weighted by molar-refractivity contribution is 7.17. The van der Waals surface area contributed by atoms with Gasteiger partial charge in [0.15, 0.2) is 5.76 Å². The van der Waals surface area contributed by atoms with Gasteiger partial charge in [0.25, 0.3) is 0 Å².